The predicted molar refractivity (Wildman–Crippen MR) is 107 cm³/mol. The van der Waals surface area contributed by atoms with E-state index in [4.69, 9.17) is 9.15 Å². The smallest absolute Gasteiger partial charge is 0.407 e. The molecule has 29 heavy (non-hydrogen) atoms. The van der Waals surface area contributed by atoms with Gasteiger partial charge in [-0.3, -0.25) is 4.79 Å². The van der Waals surface area contributed by atoms with Gasteiger partial charge in [0.1, 0.15) is 12.4 Å². The summed E-state index contributed by atoms with van der Waals surface area (Å²) in [6, 6.07) is 19.6. The number of fused-ring (bicyclic) bond motifs is 3. The molecule has 2 aromatic carbocycles. The number of carbonyl (C=O) groups is 2. The molecule has 0 saturated heterocycles. The molecule has 2 N–H and O–H groups in total. The summed E-state index contributed by atoms with van der Waals surface area (Å²) < 4.78 is 10.6. The summed E-state index contributed by atoms with van der Waals surface area (Å²) in [5.74, 6) is -1.26. The first kappa shape index (κ1) is 18.8. The van der Waals surface area contributed by atoms with Gasteiger partial charge in [0, 0.05) is 18.9 Å². The van der Waals surface area contributed by atoms with Crippen molar-refractivity contribution >= 4 is 12.1 Å². The number of carboxylic acid groups (broad SMARTS) is 1. The zero-order valence-electron chi connectivity index (χ0n) is 15.7. The van der Waals surface area contributed by atoms with Crippen LogP contribution in [-0.2, 0) is 16.0 Å². The number of carboxylic acids is 1. The van der Waals surface area contributed by atoms with Crippen molar-refractivity contribution in [1.82, 2.24) is 5.32 Å². The van der Waals surface area contributed by atoms with Crippen LogP contribution >= 0.6 is 0 Å². The molecule has 6 heteroatoms. The molecular weight excluding hydrogens is 370 g/mol. The highest BCUT2D eigenvalue weighted by Crippen LogP contribution is 2.44. The van der Waals surface area contributed by atoms with Crippen LogP contribution in [0.4, 0.5) is 4.79 Å². The van der Waals surface area contributed by atoms with E-state index in [-0.39, 0.29) is 25.5 Å². The molecular formula is C23H21NO5. The molecule has 148 valence electrons. The monoisotopic (exact) mass is 391 g/mol. The van der Waals surface area contributed by atoms with Gasteiger partial charge in [-0.2, -0.15) is 0 Å². The minimum absolute atomic E-state index is 0.0350. The zero-order valence-corrected chi connectivity index (χ0v) is 15.7. The first-order valence-electron chi connectivity index (χ1n) is 9.47. The summed E-state index contributed by atoms with van der Waals surface area (Å²) in [6.07, 6.45) is 1.07. The molecule has 0 aliphatic heterocycles. The molecule has 0 radical (unpaired) electrons. The Balaban J connectivity index is 1.37. The Hall–Kier alpha value is -3.54. The molecule has 1 aliphatic rings. The largest absolute Gasteiger partial charge is 0.481 e. The van der Waals surface area contributed by atoms with Crippen molar-refractivity contribution in [2.24, 2.45) is 5.92 Å². The van der Waals surface area contributed by atoms with Crippen LogP contribution in [0.3, 0.4) is 0 Å². The van der Waals surface area contributed by atoms with Gasteiger partial charge in [0.25, 0.3) is 0 Å². The van der Waals surface area contributed by atoms with Crippen LogP contribution in [0.1, 0.15) is 22.8 Å². The Bertz CT molecular complexity index is 966. The van der Waals surface area contributed by atoms with E-state index in [9.17, 15) is 14.7 Å². The van der Waals surface area contributed by atoms with Crippen molar-refractivity contribution in [3.8, 4) is 11.1 Å². The van der Waals surface area contributed by atoms with Crippen LogP contribution < -0.4 is 5.32 Å². The summed E-state index contributed by atoms with van der Waals surface area (Å²) in [7, 11) is 0. The van der Waals surface area contributed by atoms with Gasteiger partial charge in [-0.1, -0.05) is 48.5 Å². The average molecular weight is 391 g/mol. The molecule has 0 spiro atoms. The summed E-state index contributed by atoms with van der Waals surface area (Å²) in [6.45, 7) is 0.155. The number of nitrogens with one attached hydrogen (secondary N) is 1. The SMILES string of the molecule is O=C(NC[C@H](Cc1ccco1)C(=O)O)OCC1c2ccccc2-c2ccccc21. The van der Waals surface area contributed by atoms with E-state index in [1.165, 1.54) is 6.26 Å². The van der Waals surface area contributed by atoms with E-state index >= 15 is 0 Å². The molecule has 3 aromatic rings. The third kappa shape index (κ3) is 4.01. The zero-order chi connectivity index (χ0) is 20.2. The number of amides is 1. The fourth-order valence-electron chi connectivity index (χ4n) is 3.77. The molecule has 1 aliphatic carbocycles. The summed E-state index contributed by atoms with van der Waals surface area (Å²) in [5, 5.41) is 11.9. The Labute approximate surface area is 168 Å². The van der Waals surface area contributed by atoms with Gasteiger partial charge >= 0.3 is 12.1 Å². The number of aliphatic carboxylic acids is 1. The number of carbonyl (C=O) groups excluding carboxylic acids is 1. The fraction of sp³-hybridized carbons (Fsp3) is 0.217. The van der Waals surface area contributed by atoms with Crippen molar-refractivity contribution in [1.29, 1.82) is 0 Å². The molecule has 1 aromatic heterocycles. The molecule has 0 bridgehead atoms. The van der Waals surface area contributed by atoms with Gasteiger partial charge in [0.05, 0.1) is 12.2 Å². The molecule has 0 unspecified atom stereocenters. The van der Waals surface area contributed by atoms with E-state index in [0.717, 1.165) is 22.3 Å². The van der Waals surface area contributed by atoms with Crippen molar-refractivity contribution < 1.29 is 23.8 Å². The third-order valence-corrected chi connectivity index (χ3v) is 5.21. The highest BCUT2D eigenvalue weighted by molar-refractivity contribution is 5.79. The quantitative estimate of drug-likeness (QED) is 0.634. The van der Waals surface area contributed by atoms with Crippen LogP contribution in [0.25, 0.3) is 11.1 Å². The van der Waals surface area contributed by atoms with Crippen molar-refractivity contribution in [2.45, 2.75) is 12.3 Å². The Kier molecular flexibility index (Phi) is 5.33. The summed E-state index contributed by atoms with van der Waals surface area (Å²) in [4.78, 5) is 23.6. The van der Waals surface area contributed by atoms with E-state index < -0.39 is 18.0 Å². The molecule has 0 saturated carbocycles. The molecule has 0 fully saturated rings. The maximum atomic E-state index is 12.2. The number of hydrogen-bond acceptors (Lipinski definition) is 4. The highest BCUT2D eigenvalue weighted by Gasteiger charge is 2.29. The average Bonchev–Trinajstić information content (AvgIpc) is 3.35. The van der Waals surface area contributed by atoms with Crippen molar-refractivity contribution in [3.63, 3.8) is 0 Å². The second-order valence-corrected chi connectivity index (χ2v) is 7.03. The Morgan fingerprint density at radius 3 is 2.24 bits per heavy atom. The van der Waals surface area contributed by atoms with E-state index in [2.05, 4.69) is 17.4 Å². The lowest BCUT2D eigenvalue weighted by Gasteiger charge is -2.16. The van der Waals surface area contributed by atoms with Gasteiger partial charge in [-0.25, -0.2) is 4.79 Å². The van der Waals surface area contributed by atoms with Gasteiger partial charge in [-0.05, 0) is 34.4 Å². The van der Waals surface area contributed by atoms with Crippen LogP contribution in [0.5, 0.6) is 0 Å². The topological polar surface area (TPSA) is 88.8 Å². The normalized spacial score (nSPS) is 13.4. The maximum Gasteiger partial charge on any atom is 0.407 e. The lowest BCUT2D eigenvalue weighted by Crippen LogP contribution is -2.35. The number of rotatable bonds is 7. The highest BCUT2D eigenvalue weighted by atomic mass is 16.5. The van der Waals surface area contributed by atoms with Crippen LogP contribution in [0.2, 0.25) is 0 Å². The molecule has 1 atom stereocenters. The minimum atomic E-state index is -1.000. The van der Waals surface area contributed by atoms with Crippen LogP contribution in [-0.4, -0.2) is 30.3 Å². The number of hydrogen-bond donors (Lipinski definition) is 2. The third-order valence-electron chi connectivity index (χ3n) is 5.21. The van der Waals surface area contributed by atoms with Crippen LogP contribution in [0, 0.1) is 5.92 Å². The lowest BCUT2D eigenvalue weighted by molar-refractivity contribution is -0.141. The summed E-state index contributed by atoms with van der Waals surface area (Å²) in [5.41, 5.74) is 4.56. The van der Waals surface area contributed by atoms with Crippen LogP contribution in [0.15, 0.2) is 71.3 Å². The number of benzene rings is 2. The first-order chi connectivity index (χ1) is 14.1. The lowest BCUT2D eigenvalue weighted by atomic mass is 9.98. The van der Waals surface area contributed by atoms with Crippen molar-refractivity contribution in [3.05, 3.63) is 83.8 Å². The van der Waals surface area contributed by atoms with Gasteiger partial charge in [0.2, 0.25) is 0 Å². The van der Waals surface area contributed by atoms with Crippen molar-refractivity contribution in [2.75, 3.05) is 13.2 Å². The second kappa shape index (κ2) is 8.22. The standard InChI is InChI=1S/C23H21NO5/c25-22(26)15(12-16-6-5-11-28-16)13-24-23(27)29-14-21-19-9-3-1-7-17(19)18-8-2-4-10-20(18)21/h1-11,15,21H,12-14H2,(H,24,27)(H,25,26)/t15-/m0/s1. The summed E-state index contributed by atoms with van der Waals surface area (Å²) >= 11 is 0. The first-order valence-corrected chi connectivity index (χ1v) is 9.47. The Morgan fingerprint density at radius 1 is 1.00 bits per heavy atom. The number of furan rings is 1. The van der Waals surface area contributed by atoms with Gasteiger partial charge < -0.3 is 19.6 Å². The maximum absolute atomic E-state index is 12.2. The van der Waals surface area contributed by atoms with E-state index in [1.807, 2.05) is 36.4 Å². The van der Waals surface area contributed by atoms with Gasteiger partial charge in [-0.15, -0.1) is 0 Å². The van der Waals surface area contributed by atoms with E-state index in [1.54, 1.807) is 12.1 Å². The number of ether oxygens (including phenoxy) is 1. The Morgan fingerprint density at radius 2 is 1.66 bits per heavy atom. The second-order valence-electron chi connectivity index (χ2n) is 7.03. The molecule has 6 nitrogen and oxygen atoms in total. The minimum Gasteiger partial charge on any atom is -0.481 e. The predicted octanol–water partition coefficient (Wildman–Crippen LogP) is 4.06. The number of alkyl carbamates (subject to hydrolysis) is 1. The van der Waals surface area contributed by atoms with E-state index in [0.29, 0.717) is 5.76 Å². The molecule has 1 amide bonds. The molecule has 1 heterocycles. The fourth-order valence-corrected chi connectivity index (χ4v) is 3.77. The molecule has 4 rings (SSSR count). The van der Waals surface area contributed by atoms with Gasteiger partial charge in [0.15, 0.2) is 0 Å².